The molecule has 57 heavy (non-hydrogen) atoms. The summed E-state index contributed by atoms with van der Waals surface area (Å²) in [5, 5.41) is 0. The van der Waals surface area contributed by atoms with E-state index in [4.69, 9.17) is 9.47 Å². The molecule has 0 radical (unpaired) electrons. The van der Waals surface area contributed by atoms with Crippen molar-refractivity contribution < 1.29 is 9.47 Å². The van der Waals surface area contributed by atoms with Gasteiger partial charge in [0, 0.05) is 34.1 Å². The predicted molar refractivity (Wildman–Crippen MR) is 239 cm³/mol. The van der Waals surface area contributed by atoms with Crippen LogP contribution in [0.15, 0.2) is 170 Å². The fraction of sp³-hybridized carbons (Fsp3) is 0.208. The highest BCUT2D eigenvalue weighted by molar-refractivity contribution is 5.81. The molecule has 0 N–H and O–H groups in total. The lowest BCUT2D eigenvalue weighted by atomic mass is 9.84. The van der Waals surface area contributed by atoms with Gasteiger partial charge in [0.1, 0.15) is 5.75 Å². The van der Waals surface area contributed by atoms with Gasteiger partial charge in [0.15, 0.2) is 0 Å². The Morgan fingerprint density at radius 3 is 1.11 bits per heavy atom. The van der Waals surface area contributed by atoms with Crippen LogP contribution in [0, 0.1) is 19.3 Å². The van der Waals surface area contributed by atoms with Gasteiger partial charge in [0.05, 0.1) is 25.2 Å². The third kappa shape index (κ3) is 8.52. The van der Waals surface area contributed by atoms with Gasteiger partial charge < -0.3 is 19.3 Å². The molecule has 1 aliphatic rings. The Labute approximate surface area is 339 Å². The number of aryl methyl sites for hydroxylation is 3. The van der Waals surface area contributed by atoms with Gasteiger partial charge in [-0.25, -0.2) is 0 Å². The first-order valence-electron chi connectivity index (χ1n) is 20.3. The average molecular weight is 749 g/mol. The molecule has 4 nitrogen and oxygen atoms in total. The quantitative estimate of drug-likeness (QED) is 0.111. The third-order valence-corrected chi connectivity index (χ3v) is 11.3. The SMILES string of the molecule is CCCc1ccc(N(c2ccc(C)cc2)c2ccc(-c3ccc(N(c4ccc(C)cc4)c4ccc(-c5ccc(OCC6(CC)COC6)cc5)cc4)cc3)cc2)cc1. The predicted octanol–water partition coefficient (Wildman–Crippen LogP) is 14.3. The van der Waals surface area contributed by atoms with Crippen LogP contribution >= 0.6 is 0 Å². The molecule has 1 aliphatic heterocycles. The number of hydrogen-bond donors (Lipinski definition) is 0. The first kappa shape index (κ1) is 37.8. The zero-order valence-electron chi connectivity index (χ0n) is 33.6. The summed E-state index contributed by atoms with van der Waals surface area (Å²) in [5.41, 5.74) is 15.5. The molecule has 7 aromatic carbocycles. The van der Waals surface area contributed by atoms with Crippen molar-refractivity contribution >= 4 is 34.1 Å². The zero-order valence-corrected chi connectivity index (χ0v) is 33.6. The van der Waals surface area contributed by atoms with E-state index in [-0.39, 0.29) is 5.41 Å². The highest BCUT2D eigenvalue weighted by Crippen LogP contribution is 2.39. The van der Waals surface area contributed by atoms with Crippen LogP contribution in [0.5, 0.6) is 5.75 Å². The molecule has 1 saturated heterocycles. The van der Waals surface area contributed by atoms with Crippen LogP contribution in [0.3, 0.4) is 0 Å². The molecule has 0 bridgehead atoms. The van der Waals surface area contributed by atoms with Crippen molar-refractivity contribution in [2.75, 3.05) is 29.6 Å². The van der Waals surface area contributed by atoms with Crippen LogP contribution in [-0.4, -0.2) is 19.8 Å². The van der Waals surface area contributed by atoms with Gasteiger partial charge in [-0.05, 0) is 139 Å². The number of anilines is 6. The van der Waals surface area contributed by atoms with Crippen molar-refractivity contribution in [1.29, 1.82) is 0 Å². The van der Waals surface area contributed by atoms with Crippen LogP contribution in [0.2, 0.25) is 0 Å². The molecule has 1 fully saturated rings. The average Bonchev–Trinajstić information content (AvgIpc) is 3.24. The highest BCUT2D eigenvalue weighted by atomic mass is 16.5. The summed E-state index contributed by atoms with van der Waals surface area (Å²) in [6, 6.07) is 61.7. The molecule has 0 spiro atoms. The zero-order chi connectivity index (χ0) is 39.2. The molecule has 0 amide bonds. The maximum Gasteiger partial charge on any atom is 0.119 e. The maximum atomic E-state index is 6.16. The summed E-state index contributed by atoms with van der Waals surface area (Å²) in [6.45, 7) is 11.0. The molecule has 8 rings (SSSR count). The summed E-state index contributed by atoms with van der Waals surface area (Å²) in [7, 11) is 0. The smallest absolute Gasteiger partial charge is 0.119 e. The molecule has 0 aromatic heterocycles. The van der Waals surface area contributed by atoms with Gasteiger partial charge in [-0.2, -0.15) is 0 Å². The monoisotopic (exact) mass is 748 g/mol. The van der Waals surface area contributed by atoms with E-state index in [9.17, 15) is 0 Å². The Hall–Kier alpha value is -6.10. The van der Waals surface area contributed by atoms with Crippen LogP contribution in [-0.2, 0) is 11.2 Å². The summed E-state index contributed by atoms with van der Waals surface area (Å²) in [5.74, 6) is 0.900. The molecule has 4 heteroatoms. The van der Waals surface area contributed by atoms with E-state index in [0.717, 1.165) is 77.9 Å². The molecule has 0 aliphatic carbocycles. The molecule has 0 unspecified atom stereocenters. The fourth-order valence-electron chi connectivity index (χ4n) is 7.55. The standard InChI is InChI=1S/C53H52N2O2/c1-5-7-41-12-26-48(27-13-41)54(46-22-8-39(3)9-23-46)49-28-14-42(15-29-49)43-16-30-50(31-17-43)55(47-24-10-40(4)11-25-47)51-32-18-44(19-33-51)45-20-34-52(35-21-45)57-38-53(6-2)36-56-37-53/h8-35H,5-7,36-38H2,1-4H3. The number of ether oxygens (including phenoxy) is 2. The van der Waals surface area contributed by atoms with Gasteiger partial charge in [0.25, 0.3) is 0 Å². The first-order chi connectivity index (χ1) is 27.9. The van der Waals surface area contributed by atoms with Crippen LogP contribution < -0.4 is 14.5 Å². The van der Waals surface area contributed by atoms with E-state index in [1.54, 1.807) is 0 Å². The van der Waals surface area contributed by atoms with Crippen molar-refractivity contribution in [2.24, 2.45) is 5.41 Å². The molecule has 1 heterocycles. The van der Waals surface area contributed by atoms with Crippen molar-refractivity contribution in [3.63, 3.8) is 0 Å². The van der Waals surface area contributed by atoms with Crippen molar-refractivity contribution in [3.05, 3.63) is 187 Å². The first-order valence-corrected chi connectivity index (χ1v) is 20.3. The number of nitrogens with zero attached hydrogens (tertiary/aromatic N) is 2. The van der Waals surface area contributed by atoms with Gasteiger partial charge in [-0.1, -0.05) is 116 Å². The lowest BCUT2D eigenvalue weighted by Crippen LogP contribution is -2.46. The van der Waals surface area contributed by atoms with Gasteiger partial charge in [0.2, 0.25) is 0 Å². The van der Waals surface area contributed by atoms with E-state index in [2.05, 4.69) is 207 Å². The normalized spacial score (nSPS) is 13.1. The molecular formula is C53H52N2O2. The minimum absolute atomic E-state index is 0.163. The van der Waals surface area contributed by atoms with E-state index in [1.165, 1.54) is 33.4 Å². The molecule has 7 aromatic rings. The molecule has 0 atom stereocenters. The minimum atomic E-state index is 0.163. The highest BCUT2D eigenvalue weighted by Gasteiger charge is 2.37. The van der Waals surface area contributed by atoms with E-state index < -0.39 is 0 Å². The van der Waals surface area contributed by atoms with Gasteiger partial charge >= 0.3 is 0 Å². The Morgan fingerprint density at radius 2 is 0.789 bits per heavy atom. The lowest BCUT2D eigenvalue weighted by Gasteiger charge is -2.40. The summed E-state index contributed by atoms with van der Waals surface area (Å²) < 4.78 is 11.6. The van der Waals surface area contributed by atoms with E-state index >= 15 is 0 Å². The van der Waals surface area contributed by atoms with Crippen LogP contribution in [0.1, 0.15) is 43.4 Å². The second-order valence-electron chi connectivity index (χ2n) is 15.6. The van der Waals surface area contributed by atoms with Crippen molar-refractivity contribution in [3.8, 4) is 28.0 Å². The van der Waals surface area contributed by atoms with E-state index in [0.29, 0.717) is 6.61 Å². The van der Waals surface area contributed by atoms with Crippen molar-refractivity contribution in [2.45, 2.75) is 47.0 Å². The second kappa shape index (κ2) is 17.0. The van der Waals surface area contributed by atoms with Crippen molar-refractivity contribution in [1.82, 2.24) is 0 Å². The van der Waals surface area contributed by atoms with Gasteiger partial charge in [-0.15, -0.1) is 0 Å². The number of rotatable bonds is 14. The summed E-state index contributed by atoms with van der Waals surface area (Å²) in [6.07, 6.45) is 3.30. The van der Waals surface area contributed by atoms with Crippen LogP contribution in [0.4, 0.5) is 34.1 Å². The Morgan fingerprint density at radius 1 is 0.456 bits per heavy atom. The molecular weight excluding hydrogens is 697 g/mol. The fourth-order valence-corrected chi connectivity index (χ4v) is 7.55. The van der Waals surface area contributed by atoms with E-state index in [1.807, 2.05) is 0 Å². The maximum absolute atomic E-state index is 6.16. The molecule has 0 saturated carbocycles. The van der Waals surface area contributed by atoms with Crippen LogP contribution in [0.25, 0.3) is 22.3 Å². The largest absolute Gasteiger partial charge is 0.493 e. The summed E-state index contributed by atoms with van der Waals surface area (Å²) in [4.78, 5) is 4.66. The molecule has 286 valence electrons. The second-order valence-corrected chi connectivity index (χ2v) is 15.6. The third-order valence-electron chi connectivity index (χ3n) is 11.3. The summed E-state index contributed by atoms with van der Waals surface area (Å²) >= 11 is 0. The number of benzene rings is 7. The topological polar surface area (TPSA) is 24.9 Å². The number of hydrogen-bond acceptors (Lipinski definition) is 4. The minimum Gasteiger partial charge on any atom is -0.493 e. The van der Waals surface area contributed by atoms with Gasteiger partial charge in [-0.3, -0.25) is 0 Å². The Bertz CT molecular complexity index is 2340. The Kier molecular flexibility index (Phi) is 11.2. The lowest BCUT2D eigenvalue weighted by molar-refractivity contribution is -0.133. The Balaban J connectivity index is 1.02.